The van der Waals surface area contributed by atoms with Crippen LogP contribution in [-0.4, -0.2) is 63.8 Å². The Balaban J connectivity index is 1.45. The zero-order valence-electron chi connectivity index (χ0n) is 16.4. The Morgan fingerprint density at radius 1 is 1.32 bits per heavy atom. The van der Waals surface area contributed by atoms with Crippen molar-refractivity contribution in [3.8, 4) is 0 Å². The number of aromatic amines is 1. The molecule has 2 fully saturated rings. The van der Waals surface area contributed by atoms with Crippen molar-refractivity contribution < 1.29 is 13.9 Å². The van der Waals surface area contributed by atoms with Crippen LogP contribution in [0.25, 0.3) is 11.0 Å². The lowest BCUT2D eigenvalue weighted by Gasteiger charge is -2.43. The van der Waals surface area contributed by atoms with Crippen LogP contribution >= 0.6 is 0 Å². The summed E-state index contributed by atoms with van der Waals surface area (Å²) in [5.41, 5.74) is 1.05. The van der Waals surface area contributed by atoms with Gasteiger partial charge in [-0.2, -0.15) is 0 Å². The fourth-order valence-corrected chi connectivity index (χ4v) is 4.70. The zero-order chi connectivity index (χ0) is 19.9. The largest absolute Gasteiger partial charge is 0.450 e. The standard InChI is InChI=1S/C20H27FN4O3/c1-3-28-19(27)23-11-8-20(2,13-23)24-9-6-15(7-10-24)25-17-5-4-14(21)12-16(17)22-18(25)26/h4-5,12,15H,3,6-11,13H2,1-2H3,(H,22,26). The number of carbonyl (C=O) groups is 1. The molecule has 1 aromatic carbocycles. The molecule has 152 valence electrons. The summed E-state index contributed by atoms with van der Waals surface area (Å²) in [7, 11) is 0. The van der Waals surface area contributed by atoms with E-state index in [1.165, 1.54) is 12.1 Å². The number of piperidine rings is 1. The molecule has 28 heavy (non-hydrogen) atoms. The minimum Gasteiger partial charge on any atom is -0.450 e. The molecule has 1 atom stereocenters. The van der Waals surface area contributed by atoms with E-state index >= 15 is 0 Å². The van der Waals surface area contributed by atoms with Crippen LogP contribution in [0, 0.1) is 5.82 Å². The molecular formula is C20H27FN4O3. The molecule has 0 bridgehead atoms. The average Bonchev–Trinajstić information content (AvgIpc) is 3.22. The number of aromatic nitrogens is 2. The third-order valence-corrected chi connectivity index (χ3v) is 6.25. The number of fused-ring (bicyclic) bond motifs is 1. The summed E-state index contributed by atoms with van der Waals surface area (Å²) in [6.07, 6.45) is 2.38. The van der Waals surface area contributed by atoms with Crippen LogP contribution in [0.2, 0.25) is 0 Å². The van der Waals surface area contributed by atoms with Crippen LogP contribution in [0.5, 0.6) is 0 Å². The number of imidazole rings is 1. The van der Waals surface area contributed by atoms with Gasteiger partial charge < -0.3 is 14.6 Å². The summed E-state index contributed by atoms with van der Waals surface area (Å²) in [6, 6.07) is 4.52. The number of amides is 1. The number of hydrogen-bond donors (Lipinski definition) is 1. The Morgan fingerprint density at radius 2 is 2.07 bits per heavy atom. The van der Waals surface area contributed by atoms with E-state index in [4.69, 9.17) is 4.74 Å². The van der Waals surface area contributed by atoms with Crippen LogP contribution in [0.1, 0.15) is 39.2 Å². The molecule has 1 aromatic heterocycles. The second kappa shape index (κ2) is 7.24. The topological polar surface area (TPSA) is 70.6 Å². The number of rotatable bonds is 3. The van der Waals surface area contributed by atoms with E-state index in [9.17, 15) is 14.0 Å². The number of H-pyrrole nitrogens is 1. The molecule has 4 rings (SSSR count). The highest BCUT2D eigenvalue weighted by Gasteiger charge is 2.42. The molecule has 0 saturated carbocycles. The van der Waals surface area contributed by atoms with E-state index in [0.29, 0.717) is 25.2 Å². The first-order valence-electron chi connectivity index (χ1n) is 9.98. The van der Waals surface area contributed by atoms with E-state index < -0.39 is 0 Å². The van der Waals surface area contributed by atoms with Gasteiger partial charge in [0, 0.05) is 37.8 Å². The van der Waals surface area contributed by atoms with Crippen LogP contribution in [-0.2, 0) is 4.74 Å². The van der Waals surface area contributed by atoms with Crippen LogP contribution < -0.4 is 5.69 Å². The van der Waals surface area contributed by atoms with Gasteiger partial charge in [-0.15, -0.1) is 0 Å². The summed E-state index contributed by atoms with van der Waals surface area (Å²) in [5, 5.41) is 0. The smallest absolute Gasteiger partial charge is 0.409 e. The quantitative estimate of drug-likeness (QED) is 0.875. The van der Waals surface area contributed by atoms with Crippen molar-refractivity contribution in [1.82, 2.24) is 19.4 Å². The van der Waals surface area contributed by atoms with Gasteiger partial charge in [-0.3, -0.25) is 9.47 Å². The molecule has 2 saturated heterocycles. The van der Waals surface area contributed by atoms with Gasteiger partial charge in [0.1, 0.15) is 5.82 Å². The highest BCUT2D eigenvalue weighted by Crippen LogP contribution is 2.34. The molecule has 0 radical (unpaired) electrons. The van der Waals surface area contributed by atoms with E-state index in [-0.39, 0.29) is 29.2 Å². The van der Waals surface area contributed by atoms with Crippen molar-refractivity contribution in [2.45, 2.75) is 44.7 Å². The van der Waals surface area contributed by atoms with Gasteiger partial charge in [0.25, 0.3) is 0 Å². The Labute approximate surface area is 163 Å². The minimum absolute atomic E-state index is 0.0635. The van der Waals surface area contributed by atoms with Crippen LogP contribution in [0.3, 0.4) is 0 Å². The summed E-state index contributed by atoms with van der Waals surface area (Å²) in [6.45, 7) is 7.51. The van der Waals surface area contributed by atoms with Crippen molar-refractivity contribution in [3.63, 3.8) is 0 Å². The lowest BCUT2D eigenvalue weighted by molar-refractivity contribution is 0.0640. The Kier molecular flexibility index (Phi) is 4.91. The first-order valence-corrected chi connectivity index (χ1v) is 9.98. The summed E-state index contributed by atoms with van der Waals surface area (Å²) in [4.78, 5) is 31.5. The second-order valence-electron chi connectivity index (χ2n) is 8.05. The molecule has 3 heterocycles. The zero-order valence-corrected chi connectivity index (χ0v) is 16.4. The number of ether oxygens (including phenoxy) is 1. The van der Waals surface area contributed by atoms with E-state index in [1.54, 1.807) is 15.5 Å². The average molecular weight is 390 g/mol. The fraction of sp³-hybridized carbons (Fsp3) is 0.600. The highest BCUT2D eigenvalue weighted by molar-refractivity contribution is 5.75. The van der Waals surface area contributed by atoms with Crippen molar-refractivity contribution in [2.75, 3.05) is 32.8 Å². The third-order valence-electron chi connectivity index (χ3n) is 6.25. The number of carbonyl (C=O) groups excluding carboxylic acids is 1. The second-order valence-corrected chi connectivity index (χ2v) is 8.05. The van der Waals surface area contributed by atoms with Crippen molar-refractivity contribution in [3.05, 3.63) is 34.5 Å². The SMILES string of the molecule is CCOC(=O)N1CCC(C)(N2CCC(n3c(=O)[nH]c4cc(F)ccc43)CC2)C1. The maximum Gasteiger partial charge on any atom is 0.409 e. The molecular weight excluding hydrogens is 363 g/mol. The molecule has 2 aliphatic heterocycles. The lowest BCUT2D eigenvalue weighted by Crippen LogP contribution is -2.52. The number of nitrogens with zero attached hydrogens (tertiary/aromatic N) is 3. The van der Waals surface area contributed by atoms with Gasteiger partial charge in [-0.1, -0.05) is 0 Å². The van der Waals surface area contributed by atoms with Gasteiger partial charge in [0.15, 0.2) is 0 Å². The maximum atomic E-state index is 13.4. The lowest BCUT2D eigenvalue weighted by atomic mass is 9.94. The van der Waals surface area contributed by atoms with Crippen LogP contribution in [0.4, 0.5) is 9.18 Å². The molecule has 2 aliphatic rings. The van der Waals surface area contributed by atoms with E-state index in [2.05, 4.69) is 16.8 Å². The summed E-state index contributed by atoms with van der Waals surface area (Å²) >= 11 is 0. The number of halogens is 1. The monoisotopic (exact) mass is 390 g/mol. The van der Waals surface area contributed by atoms with Gasteiger partial charge >= 0.3 is 11.8 Å². The molecule has 1 unspecified atom stereocenters. The molecule has 0 spiro atoms. The van der Waals surface area contributed by atoms with Crippen molar-refractivity contribution >= 4 is 17.1 Å². The number of nitrogens with one attached hydrogen (secondary N) is 1. The molecule has 2 aromatic rings. The number of likely N-dealkylation sites (tertiary alicyclic amines) is 2. The molecule has 1 amide bonds. The van der Waals surface area contributed by atoms with E-state index in [1.807, 2.05) is 6.92 Å². The minimum atomic E-state index is -0.351. The first kappa shape index (κ1) is 19.0. The predicted octanol–water partition coefficient (Wildman–Crippen LogP) is 2.73. The first-order chi connectivity index (χ1) is 13.4. The molecule has 1 N–H and O–H groups in total. The van der Waals surface area contributed by atoms with Crippen molar-refractivity contribution in [2.24, 2.45) is 0 Å². The predicted molar refractivity (Wildman–Crippen MR) is 104 cm³/mol. The highest BCUT2D eigenvalue weighted by atomic mass is 19.1. The summed E-state index contributed by atoms with van der Waals surface area (Å²) in [5.74, 6) is -0.351. The van der Waals surface area contributed by atoms with Gasteiger partial charge in [-0.25, -0.2) is 14.0 Å². The van der Waals surface area contributed by atoms with Crippen molar-refractivity contribution in [1.29, 1.82) is 0 Å². The maximum absolute atomic E-state index is 13.4. The third kappa shape index (κ3) is 3.30. The molecule has 7 nitrogen and oxygen atoms in total. The van der Waals surface area contributed by atoms with Gasteiger partial charge in [0.05, 0.1) is 17.6 Å². The Morgan fingerprint density at radius 3 is 2.79 bits per heavy atom. The van der Waals surface area contributed by atoms with Gasteiger partial charge in [0.2, 0.25) is 0 Å². The van der Waals surface area contributed by atoms with E-state index in [0.717, 1.165) is 37.9 Å². The Hall–Kier alpha value is -2.35. The number of benzene rings is 1. The Bertz CT molecular complexity index is 931. The van der Waals surface area contributed by atoms with Gasteiger partial charge in [-0.05, 0) is 51.3 Å². The number of hydrogen-bond acceptors (Lipinski definition) is 4. The van der Waals surface area contributed by atoms with Crippen LogP contribution in [0.15, 0.2) is 23.0 Å². The molecule has 8 heteroatoms. The molecule has 0 aliphatic carbocycles. The normalized spacial score (nSPS) is 24.2. The fourth-order valence-electron chi connectivity index (χ4n) is 4.70. The summed E-state index contributed by atoms with van der Waals surface area (Å²) < 4.78 is 20.4.